The first-order valence-corrected chi connectivity index (χ1v) is 23.5. The molecule has 5 rings (SSSR count). The molecule has 0 radical (unpaired) electrons. The van der Waals surface area contributed by atoms with E-state index in [9.17, 15) is 19.8 Å². The molecule has 1 aromatic rings. The predicted octanol–water partition coefficient (Wildman–Crippen LogP) is 5.19. The van der Waals surface area contributed by atoms with Gasteiger partial charge in [-0.05, 0) is 99.2 Å². The number of carbonyl (C=O) groups excluding carboxylic acids is 2. The molecule has 64 heavy (non-hydrogen) atoms. The molecule has 0 bridgehead atoms. The Morgan fingerprint density at radius 1 is 0.969 bits per heavy atom. The lowest BCUT2D eigenvalue weighted by molar-refractivity contribution is -0.320. The zero-order valence-electron chi connectivity index (χ0n) is 41.2. The van der Waals surface area contributed by atoms with Crippen LogP contribution < -0.4 is 0 Å². The van der Waals surface area contributed by atoms with E-state index in [0.29, 0.717) is 25.9 Å². The number of nitrogens with zero attached hydrogens (tertiary/aromatic N) is 3. The van der Waals surface area contributed by atoms with Crippen molar-refractivity contribution in [3.8, 4) is 0 Å². The van der Waals surface area contributed by atoms with Gasteiger partial charge in [-0.2, -0.15) is 0 Å². The Morgan fingerprint density at radius 2 is 1.67 bits per heavy atom. The molecule has 0 amide bonds. The number of likely N-dealkylation sites (N-methyl/N-ethyl adjacent to an activating group) is 2. The molecule has 15 heteroatoms. The van der Waals surface area contributed by atoms with Gasteiger partial charge in [0.05, 0.1) is 54.7 Å². The number of Topliss-reactive ketones (excluding diaryl/α,β-unsaturated/α-hetero) is 1. The van der Waals surface area contributed by atoms with Crippen molar-refractivity contribution in [1.29, 1.82) is 0 Å². The van der Waals surface area contributed by atoms with Crippen molar-refractivity contribution in [2.24, 2.45) is 29.6 Å². The summed E-state index contributed by atoms with van der Waals surface area (Å²) < 4.78 is 52.9. The fourth-order valence-electron chi connectivity index (χ4n) is 11.1. The maximum absolute atomic E-state index is 14.9. The number of ketones is 1. The summed E-state index contributed by atoms with van der Waals surface area (Å²) in [5.74, 6) is -3.66. The molecule has 4 fully saturated rings. The van der Waals surface area contributed by atoms with Gasteiger partial charge in [0.25, 0.3) is 0 Å². The molecule has 0 saturated carbocycles. The molecular formula is C49H81N3O12. The maximum Gasteiger partial charge on any atom is 0.311 e. The summed E-state index contributed by atoms with van der Waals surface area (Å²) >= 11 is 0. The molecule has 4 aliphatic rings. The molecule has 2 N–H and O–H groups in total. The van der Waals surface area contributed by atoms with Crippen molar-refractivity contribution in [3.05, 3.63) is 42.2 Å². The number of carbonyl (C=O) groups is 2. The van der Waals surface area contributed by atoms with Crippen LogP contribution in [0.5, 0.6) is 0 Å². The minimum Gasteiger partial charge on any atom is -0.459 e. The Labute approximate surface area is 382 Å². The van der Waals surface area contributed by atoms with Gasteiger partial charge in [-0.3, -0.25) is 19.5 Å². The summed E-state index contributed by atoms with van der Waals surface area (Å²) in [5, 5.41) is 23.1. The number of fused-ring (bicyclic) bond motifs is 1. The number of cyclic esters (lactones) is 1. The van der Waals surface area contributed by atoms with Gasteiger partial charge in [-0.1, -0.05) is 40.3 Å². The van der Waals surface area contributed by atoms with Gasteiger partial charge < -0.3 is 53.0 Å². The number of hydrogen-bond acceptors (Lipinski definition) is 15. The fraction of sp³-hybridized carbons (Fsp3) is 0.816. The van der Waals surface area contributed by atoms with E-state index in [1.165, 1.54) is 0 Å². The van der Waals surface area contributed by atoms with Crippen LogP contribution in [-0.2, 0) is 54.0 Å². The van der Waals surface area contributed by atoms with Crippen LogP contribution >= 0.6 is 0 Å². The van der Waals surface area contributed by atoms with E-state index in [4.69, 9.17) is 37.9 Å². The van der Waals surface area contributed by atoms with Crippen LogP contribution in [0.2, 0.25) is 0 Å². The zero-order valence-corrected chi connectivity index (χ0v) is 41.2. The summed E-state index contributed by atoms with van der Waals surface area (Å²) in [7, 11) is 7.39. The van der Waals surface area contributed by atoms with Crippen LogP contribution in [0.4, 0.5) is 0 Å². The second-order valence-electron chi connectivity index (χ2n) is 20.3. The fourth-order valence-corrected chi connectivity index (χ4v) is 11.1. The third-order valence-corrected chi connectivity index (χ3v) is 14.9. The summed E-state index contributed by atoms with van der Waals surface area (Å²) in [6.45, 7) is 24.9. The van der Waals surface area contributed by atoms with E-state index >= 15 is 0 Å². The van der Waals surface area contributed by atoms with E-state index in [1.807, 2.05) is 99.8 Å². The van der Waals surface area contributed by atoms with E-state index < -0.39 is 102 Å². The van der Waals surface area contributed by atoms with Crippen molar-refractivity contribution < 1.29 is 57.7 Å². The monoisotopic (exact) mass is 904 g/mol. The minimum atomic E-state index is -1.24. The molecule has 5 heterocycles. The van der Waals surface area contributed by atoms with Crippen LogP contribution in [0.3, 0.4) is 0 Å². The van der Waals surface area contributed by atoms with Crippen molar-refractivity contribution in [1.82, 2.24) is 14.8 Å². The first kappa shape index (κ1) is 52.6. The molecule has 0 spiro atoms. The standard InChI is InChI=1S/C49H81N3O12/c1-16-37-49(11)39(29(3)27-59-49)31(5)40(53)28(2)23-48(10,58-21-20-52(14)26-35-18-17-19-50-25-35)44(64-46-41(54)36(51(12)13)22-30(4)60-46)32(6)42(33(7)45(56)62-37)63-38-24-47(9,57-15)43(55)34(8)61-38/h17-19,25,28,30-34,36-39,41-44,46,54-55H,3,16,20-24,26-27H2,1-2,4-15H3/t28-,30-,31?,32+,33-,34+,36+,37-,38?,39+,41-,42+,43+,44-,46+,47-,48-,49-/m1/s1. The molecule has 4 aliphatic heterocycles. The van der Waals surface area contributed by atoms with Crippen LogP contribution in [0.15, 0.2) is 36.7 Å². The third-order valence-electron chi connectivity index (χ3n) is 14.9. The van der Waals surface area contributed by atoms with E-state index in [2.05, 4.69) is 16.5 Å². The van der Waals surface area contributed by atoms with Crippen LogP contribution in [-0.4, -0.2) is 163 Å². The van der Waals surface area contributed by atoms with E-state index in [-0.39, 0.29) is 44.0 Å². The second-order valence-corrected chi connectivity index (χ2v) is 20.3. The van der Waals surface area contributed by atoms with Gasteiger partial charge in [-0.15, -0.1) is 0 Å². The minimum absolute atomic E-state index is 0.00514. The van der Waals surface area contributed by atoms with Crippen LogP contribution in [0, 0.1) is 29.6 Å². The summed E-state index contributed by atoms with van der Waals surface area (Å²) in [6.07, 6.45) is -2.59. The number of ether oxygens (including phenoxy) is 8. The van der Waals surface area contributed by atoms with Gasteiger partial charge >= 0.3 is 5.97 Å². The summed E-state index contributed by atoms with van der Waals surface area (Å²) in [5.41, 5.74) is -1.46. The lowest BCUT2D eigenvalue weighted by Gasteiger charge is -2.50. The van der Waals surface area contributed by atoms with Gasteiger partial charge in [0.1, 0.15) is 29.7 Å². The number of esters is 1. The number of hydrogen-bond donors (Lipinski definition) is 2. The predicted molar refractivity (Wildman–Crippen MR) is 241 cm³/mol. The number of aliphatic hydroxyl groups is 2. The first-order chi connectivity index (χ1) is 30.0. The quantitative estimate of drug-likeness (QED) is 0.196. The number of pyridine rings is 1. The number of methoxy groups -OCH3 is 1. The second kappa shape index (κ2) is 21.7. The Kier molecular flexibility index (Phi) is 17.8. The van der Waals surface area contributed by atoms with Crippen LogP contribution in [0.1, 0.15) is 100 Å². The highest BCUT2D eigenvalue weighted by Crippen LogP contribution is 2.47. The van der Waals surface area contributed by atoms with Gasteiger partial charge in [-0.25, -0.2) is 0 Å². The van der Waals surface area contributed by atoms with Gasteiger partial charge in [0.15, 0.2) is 12.6 Å². The van der Waals surface area contributed by atoms with E-state index in [0.717, 1.165) is 11.1 Å². The highest BCUT2D eigenvalue weighted by molar-refractivity contribution is 5.84. The molecule has 0 aliphatic carbocycles. The lowest BCUT2D eigenvalue weighted by atomic mass is 9.69. The maximum atomic E-state index is 14.9. The molecule has 0 aromatic carbocycles. The molecule has 18 atom stereocenters. The van der Waals surface area contributed by atoms with Crippen molar-refractivity contribution in [3.63, 3.8) is 0 Å². The number of aromatic nitrogens is 1. The SMILES string of the molecule is C=C1CO[C@]2(C)[C@@H](CC)OC(=O)[C@H](C)[C@@H](OC3C[C@@](C)(OC)[C@@H](O)[C@H](C)O3)[C@H](C)[C@@H](O[C@@H]3O[C@H](C)C[C@H](N(C)C)[C@H]3O)[C@](C)(OCCN(C)Cc3cccnc3)C[C@@H](C)C(=O)C(C)[C@H]12. The first-order valence-electron chi connectivity index (χ1n) is 23.5. The lowest BCUT2D eigenvalue weighted by Crippen LogP contribution is -2.61. The normalized spacial score (nSPS) is 43.0. The van der Waals surface area contributed by atoms with Crippen molar-refractivity contribution in [2.45, 2.75) is 180 Å². The number of rotatable bonds is 13. The average molecular weight is 904 g/mol. The number of aliphatic hydroxyl groups excluding tert-OH is 2. The summed E-state index contributed by atoms with van der Waals surface area (Å²) in [6, 6.07) is 3.65. The smallest absolute Gasteiger partial charge is 0.311 e. The molecule has 1 aromatic heterocycles. The van der Waals surface area contributed by atoms with Gasteiger partial charge in [0, 0.05) is 68.7 Å². The highest BCUT2D eigenvalue weighted by atomic mass is 16.7. The largest absolute Gasteiger partial charge is 0.459 e. The third kappa shape index (κ3) is 11.5. The average Bonchev–Trinajstić information content (AvgIpc) is 3.56. The Bertz CT molecular complexity index is 1710. The van der Waals surface area contributed by atoms with E-state index in [1.54, 1.807) is 27.2 Å². The van der Waals surface area contributed by atoms with Crippen molar-refractivity contribution in [2.75, 3.05) is 48.0 Å². The summed E-state index contributed by atoms with van der Waals surface area (Å²) in [4.78, 5) is 38.1. The topological polar surface area (TPSA) is 168 Å². The molecule has 2 unspecified atom stereocenters. The van der Waals surface area contributed by atoms with Crippen LogP contribution in [0.25, 0.3) is 0 Å². The van der Waals surface area contributed by atoms with Gasteiger partial charge in [0.2, 0.25) is 0 Å². The Hall–Kier alpha value is -2.41. The molecule has 15 nitrogen and oxygen atoms in total. The Morgan fingerprint density at radius 3 is 2.30 bits per heavy atom. The molecule has 4 saturated heterocycles. The van der Waals surface area contributed by atoms with Crippen molar-refractivity contribution >= 4 is 11.8 Å². The zero-order chi connectivity index (χ0) is 47.5. The molecule has 364 valence electrons. The molecular weight excluding hydrogens is 823 g/mol. The Balaban J connectivity index is 1.65. The highest BCUT2D eigenvalue weighted by Gasteiger charge is 2.57.